The van der Waals surface area contributed by atoms with Crippen LogP contribution in [0.1, 0.15) is 0 Å². The van der Waals surface area contributed by atoms with Gasteiger partial charge in [0.25, 0.3) is 0 Å². The van der Waals surface area contributed by atoms with Crippen LogP contribution in [0.3, 0.4) is 0 Å². The molecular formula is C3H6O2S2Tc. The Hall–Kier alpha value is 0.819. The number of carbonyl (C=O) groups is 1. The predicted octanol–water partition coefficient (Wildman–Crippen LogP) is 0.297. The van der Waals surface area contributed by atoms with Gasteiger partial charge < -0.3 is 5.11 Å². The molecule has 0 heterocycles. The third-order valence-corrected chi connectivity index (χ3v) is 1.51. The van der Waals surface area contributed by atoms with Gasteiger partial charge in [0, 0.05) is 25.9 Å². The Morgan fingerprint density at radius 2 is 2.12 bits per heavy atom. The smallest absolute Gasteiger partial charge is 0.317 e. The number of carboxylic acids is 1. The summed E-state index contributed by atoms with van der Waals surface area (Å²) in [5.41, 5.74) is 0. The molecule has 0 saturated heterocycles. The van der Waals surface area contributed by atoms with Crippen LogP contribution in [0.25, 0.3) is 0 Å². The Morgan fingerprint density at radius 1 is 1.75 bits per heavy atom. The van der Waals surface area contributed by atoms with Gasteiger partial charge >= 0.3 is 5.97 Å². The van der Waals surface area contributed by atoms with Crippen molar-refractivity contribution in [1.29, 1.82) is 0 Å². The van der Waals surface area contributed by atoms with E-state index in [1.54, 1.807) is 0 Å². The third kappa shape index (κ3) is 4.97. The van der Waals surface area contributed by atoms with Crippen LogP contribution in [0.4, 0.5) is 0 Å². The largest absolute Gasteiger partial charge is 0.480 e. The van der Waals surface area contributed by atoms with Crippen molar-refractivity contribution in [2.45, 2.75) is 5.25 Å². The molecule has 0 saturated carbocycles. The van der Waals surface area contributed by atoms with Gasteiger partial charge in [-0.15, -0.1) is 0 Å². The summed E-state index contributed by atoms with van der Waals surface area (Å²) in [6.45, 7) is 0. The van der Waals surface area contributed by atoms with Crippen molar-refractivity contribution < 1.29 is 30.0 Å². The molecule has 0 aliphatic rings. The minimum atomic E-state index is -0.918. The van der Waals surface area contributed by atoms with Gasteiger partial charge in [0.2, 0.25) is 0 Å². The van der Waals surface area contributed by atoms with Gasteiger partial charge in [-0.25, -0.2) is 0 Å². The van der Waals surface area contributed by atoms with E-state index in [2.05, 4.69) is 25.3 Å². The number of hydrogen-bond donors (Lipinski definition) is 3. The van der Waals surface area contributed by atoms with Crippen LogP contribution < -0.4 is 0 Å². The molecule has 0 amide bonds. The molecule has 1 N–H and O–H groups in total. The molecule has 0 aromatic rings. The Balaban J connectivity index is 0. The van der Waals surface area contributed by atoms with Crippen LogP contribution >= 0.6 is 25.3 Å². The maximum absolute atomic E-state index is 9.81. The first-order valence-electron chi connectivity index (χ1n) is 1.70. The molecule has 0 aromatic carbocycles. The van der Waals surface area contributed by atoms with Crippen molar-refractivity contribution in [3.05, 3.63) is 0 Å². The number of thiol groups is 2. The molecule has 0 aromatic heterocycles. The number of aliphatic carboxylic acids is 1. The molecule has 0 fully saturated rings. The average Bonchev–Trinajstić information content (AvgIpc) is 1.65. The summed E-state index contributed by atoms with van der Waals surface area (Å²) < 4.78 is 0. The fourth-order valence-electron chi connectivity index (χ4n) is 0.0781. The molecular weight excluding hydrogens is 231 g/mol. The fraction of sp³-hybridized carbons (Fsp3) is 0.667. The van der Waals surface area contributed by atoms with E-state index < -0.39 is 11.2 Å². The molecule has 1 radical (unpaired) electrons. The summed E-state index contributed by atoms with van der Waals surface area (Å²) in [6.07, 6.45) is 0. The van der Waals surface area contributed by atoms with E-state index in [0.717, 1.165) is 0 Å². The van der Waals surface area contributed by atoms with Crippen molar-refractivity contribution in [3.8, 4) is 0 Å². The van der Waals surface area contributed by atoms with Crippen molar-refractivity contribution in [2.24, 2.45) is 0 Å². The van der Waals surface area contributed by atoms with Crippen LogP contribution in [0, 0.1) is 0 Å². The van der Waals surface area contributed by atoms with E-state index >= 15 is 0 Å². The van der Waals surface area contributed by atoms with Crippen LogP contribution in [0.15, 0.2) is 0 Å². The summed E-state index contributed by atoms with van der Waals surface area (Å²) in [4.78, 5) is 9.81. The molecule has 0 aliphatic carbocycles. The molecule has 1 atom stereocenters. The van der Waals surface area contributed by atoms with E-state index in [4.69, 9.17) is 5.11 Å². The zero-order valence-corrected chi connectivity index (χ0v) is 7.56. The van der Waals surface area contributed by atoms with Gasteiger partial charge in [-0.1, -0.05) is 0 Å². The average molecular weight is 237 g/mol. The number of rotatable bonds is 2. The van der Waals surface area contributed by atoms with E-state index in [9.17, 15) is 4.79 Å². The summed E-state index contributed by atoms with van der Waals surface area (Å²) in [7, 11) is 0. The van der Waals surface area contributed by atoms with Gasteiger partial charge in [0.1, 0.15) is 5.25 Å². The third-order valence-electron chi connectivity index (χ3n) is 0.458. The first-order chi connectivity index (χ1) is 3.18. The van der Waals surface area contributed by atoms with Gasteiger partial charge in [-0.05, 0) is 0 Å². The normalized spacial score (nSPS) is 11.8. The summed E-state index contributed by atoms with van der Waals surface area (Å²) in [5.74, 6) is -0.642. The minimum absolute atomic E-state index is 0. The quantitative estimate of drug-likeness (QED) is 0.604. The minimum Gasteiger partial charge on any atom is -0.480 e. The Bertz CT molecular complexity index is 77.7. The molecule has 2 nitrogen and oxygen atoms in total. The van der Waals surface area contributed by atoms with Crippen LogP contribution in [-0.4, -0.2) is 22.1 Å². The van der Waals surface area contributed by atoms with Crippen molar-refractivity contribution in [2.75, 3.05) is 5.75 Å². The maximum atomic E-state index is 9.81. The molecule has 0 rings (SSSR count). The molecule has 0 spiro atoms. The summed E-state index contributed by atoms with van der Waals surface area (Å²) in [6, 6.07) is 0. The van der Waals surface area contributed by atoms with Gasteiger partial charge in [-0.2, -0.15) is 25.3 Å². The first-order valence-corrected chi connectivity index (χ1v) is 2.85. The SMILES string of the molecule is O=C(O)C(S)CS.[99Tc]. The predicted molar refractivity (Wildman–Crippen MR) is 34.3 cm³/mol. The van der Waals surface area contributed by atoms with Crippen molar-refractivity contribution in [3.63, 3.8) is 0 Å². The Kier molecular flexibility index (Phi) is 8.62. The van der Waals surface area contributed by atoms with Crippen molar-refractivity contribution >= 4 is 31.2 Å². The van der Waals surface area contributed by atoms with Crippen LogP contribution in [0.2, 0.25) is 0 Å². The van der Waals surface area contributed by atoms with E-state index in [-0.39, 0.29) is 25.9 Å². The topological polar surface area (TPSA) is 37.3 Å². The van der Waals surface area contributed by atoms with Crippen molar-refractivity contribution in [1.82, 2.24) is 0 Å². The zero-order chi connectivity index (χ0) is 5.86. The van der Waals surface area contributed by atoms with Gasteiger partial charge in [0.15, 0.2) is 0 Å². The second kappa shape index (κ2) is 5.95. The van der Waals surface area contributed by atoms with Gasteiger partial charge in [0.05, 0.1) is 0 Å². The van der Waals surface area contributed by atoms with Crippen LogP contribution in [-0.2, 0) is 24.9 Å². The number of hydrogen-bond acceptors (Lipinski definition) is 3. The maximum Gasteiger partial charge on any atom is 0.317 e. The Morgan fingerprint density at radius 3 is 2.12 bits per heavy atom. The molecule has 0 bridgehead atoms. The fourth-order valence-corrected chi connectivity index (χ4v) is 0.234. The molecule has 0 aliphatic heterocycles. The monoisotopic (exact) mass is 237 g/mol. The molecule has 5 heteroatoms. The molecule has 8 heavy (non-hydrogen) atoms. The summed E-state index contributed by atoms with van der Waals surface area (Å²) >= 11 is 7.35. The second-order valence-electron chi connectivity index (χ2n) is 1.04. The first kappa shape index (κ1) is 11.6. The standard InChI is InChI=1S/C3H6O2S2.Tc/c4-3(5)2(7)1-6;/h2,6-7H,1H2,(H,4,5);/i;1+1. The second-order valence-corrected chi connectivity index (χ2v) is 2.03. The van der Waals surface area contributed by atoms with Gasteiger partial charge in [-0.3, -0.25) is 4.79 Å². The van der Waals surface area contributed by atoms with E-state index in [1.807, 2.05) is 0 Å². The summed E-state index contributed by atoms with van der Waals surface area (Å²) in [5, 5.41) is 7.43. The zero-order valence-electron chi connectivity index (χ0n) is 3.91. The van der Waals surface area contributed by atoms with Crippen LogP contribution in [0.5, 0.6) is 0 Å². The number of carboxylic acid groups (broad SMARTS) is 1. The molecule has 49 valence electrons. The Labute approximate surface area is 72.2 Å². The van der Waals surface area contributed by atoms with E-state index in [1.165, 1.54) is 0 Å². The van der Waals surface area contributed by atoms with E-state index in [0.29, 0.717) is 0 Å². The molecule has 1 unspecified atom stereocenters.